The zero-order chi connectivity index (χ0) is 13.2. The molecule has 5 heteroatoms. The molecule has 0 aliphatic rings. The Kier molecular flexibility index (Phi) is 7.36. The van der Waals surface area contributed by atoms with Crippen LogP contribution in [0.15, 0.2) is 24.3 Å². The summed E-state index contributed by atoms with van der Waals surface area (Å²) in [5.41, 5.74) is 3.37. The average Bonchev–Trinajstić information content (AvgIpc) is 2.41. The number of rotatable bonds is 9. The lowest BCUT2D eigenvalue weighted by Crippen LogP contribution is -2.24. The van der Waals surface area contributed by atoms with E-state index in [2.05, 4.69) is 5.43 Å². The maximum absolute atomic E-state index is 9.91. The zero-order valence-corrected chi connectivity index (χ0v) is 10.8. The Hall–Kier alpha value is -1.14. The van der Waals surface area contributed by atoms with E-state index >= 15 is 0 Å². The predicted molar refractivity (Wildman–Crippen MR) is 70.2 cm³/mol. The second-order valence-electron chi connectivity index (χ2n) is 4.03. The van der Waals surface area contributed by atoms with E-state index in [0.717, 1.165) is 17.7 Å². The molecule has 0 saturated heterocycles. The van der Waals surface area contributed by atoms with Crippen molar-refractivity contribution in [1.29, 1.82) is 0 Å². The van der Waals surface area contributed by atoms with Crippen LogP contribution in [-0.2, 0) is 4.74 Å². The fourth-order valence-corrected chi connectivity index (χ4v) is 1.59. The Labute approximate surface area is 108 Å². The quantitative estimate of drug-likeness (QED) is 0.348. The molecule has 1 aromatic carbocycles. The third-order valence-corrected chi connectivity index (χ3v) is 2.57. The van der Waals surface area contributed by atoms with Gasteiger partial charge in [0.05, 0.1) is 12.7 Å². The number of nitrogens with two attached hydrogens (primary N) is 1. The minimum atomic E-state index is -0.524. The van der Waals surface area contributed by atoms with Crippen LogP contribution in [0.3, 0.4) is 0 Å². The summed E-state index contributed by atoms with van der Waals surface area (Å²) in [7, 11) is 1.67. The molecular formula is C13H22N2O3. The van der Waals surface area contributed by atoms with E-state index in [-0.39, 0.29) is 0 Å². The van der Waals surface area contributed by atoms with Crippen molar-refractivity contribution in [2.24, 2.45) is 5.84 Å². The summed E-state index contributed by atoms with van der Waals surface area (Å²) in [5, 5.41) is 9.91. The van der Waals surface area contributed by atoms with E-state index in [4.69, 9.17) is 15.3 Å². The van der Waals surface area contributed by atoms with Gasteiger partial charge in [0, 0.05) is 26.7 Å². The summed E-state index contributed by atoms with van der Waals surface area (Å²) in [5.74, 6) is 5.95. The minimum Gasteiger partial charge on any atom is -0.493 e. The standard InChI is InChI=1S/C13H22N2O3/c1-17-8-3-9-18-12-5-2-4-11(10-12)13(16)6-7-15-14/h2,4-5,10,13,15-16H,3,6-9,14H2,1H3. The molecule has 0 fully saturated rings. The Morgan fingerprint density at radius 1 is 1.39 bits per heavy atom. The van der Waals surface area contributed by atoms with Gasteiger partial charge >= 0.3 is 0 Å². The lowest BCUT2D eigenvalue weighted by Gasteiger charge is -2.12. The summed E-state index contributed by atoms with van der Waals surface area (Å²) in [4.78, 5) is 0. The van der Waals surface area contributed by atoms with Crippen LogP contribution in [0.4, 0.5) is 0 Å². The Morgan fingerprint density at radius 2 is 2.22 bits per heavy atom. The molecule has 0 aromatic heterocycles. The number of aliphatic hydroxyl groups is 1. The van der Waals surface area contributed by atoms with Gasteiger partial charge < -0.3 is 14.6 Å². The van der Waals surface area contributed by atoms with Gasteiger partial charge in [-0.15, -0.1) is 0 Å². The van der Waals surface area contributed by atoms with Gasteiger partial charge in [0.25, 0.3) is 0 Å². The van der Waals surface area contributed by atoms with Crippen LogP contribution < -0.4 is 16.0 Å². The molecule has 0 heterocycles. The van der Waals surface area contributed by atoms with Crippen molar-refractivity contribution in [2.45, 2.75) is 18.9 Å². The molecule has 1 aromatic rings. The number of hydrazine groups is 1. The molecule has 4 N–H and O–H groups in total. The Bertz CT molecular complexity index is 334. The van der Waals surface area contributed by atoms with Crippen molar-refractivity contribution in [3.05, 3.63) is 29.8 Å². The largest absolute Gasteiger partial charge is 0.493 e. The van der Waals surface area contributed by atoms with E-state index in [1.165, 1.54) is 0 Å². The lowest BCUT2D eigenvalue weighted by molar-refractivity contribution is 0.164. The molecule has 5 nitrogen and oxygen atoms in total. The summed E-state index contributed by atoms with van der Waals surface area (Å²) < 4.78 is 10.5. The van der Waals surface area contributed by atoms with Gasteiger partial charge in [0.15, 0.2) is 0 Å². The van der Waals surface area contributed by atoms with Crippen LogP contribution in [0.1, 0.15) is 24.5 Å². The molecule has 18 heavy (non-hydrogen) atoms. The molecule has 0 amide bonds. The highest BCUT2D eigenvalue weighted by molar-refractivity contribution is 5.29. The third-order valence-electron chi connectivity index (χ3n) is 2.57. The van der Waals surface area contributed by atoms with Crippen LogP contribution in [0, 0.1) is 0 Å². The molecular weight excluding hydrogens is 232 g/mol. The van der Waals surface area contributed by atoms with Gasteiger partial charge in [-0.2, -0.15) is 0 Å². The van der Waals surface area contributed by atoms with E-state index in [9.17, 15) is 5.11 Å². The van der Waals surface area contributed by atoms with Crippen LogP contribution in [-0.4, -0.2) is 32.0 Å². The van der Waals surface area contributed by atoms with E-state index in [0.29, 0.717) is 26.2 Å². The average molecular weight is 254 g/mol. The number of nitrogens with one attached hydrogen (secondary N) is 1. The molecule has 0 aliphatic heterocycles. The first-order valence-electron chi connectivity index (χ1n) is 6.11. The smallest absolute Gasteiger partial charge is 0.119 e. The molecule has 0 aliphatic carbocycles. The van der Waals surface area contributed by atoms with Gasteiger partial charge in [0.1, 0.15) is 5.75 Å². The molecule has 0 radical (unpaired) electrons. The number of aliphatic hydroxyl groups excluding tert-OH is 1. The van der Waals surface area contributed by atoms with E-state index < -0.39 is 6.10 Å². The molecule has 0 spiro atoms. The lowest BCUT2D eigenvalue weighted by atomic mass is 10.1. The minimum absolute atomic E-state index is 0.524. The van der Waals surface area contributed by atoms with Gasteiger partial charge in [-0.3, -0.25) is 11.3 Å². The second-order valence-corrected chi connectivity index (χ2v) is 4.03. The van der Waals surface area contributed by atoms with E-state index in [1.54, 1.807) is 7.11 Å². The first-order chi connectivity index (χ1) is 8.77. The molecule has 0 bridgehead atoms. The van der Waals surface area contributed by atoms with Crippen molar-refractivity contribution in [1.82, 2.24) is 5.43 Å². The van der Waals surface area contributed by atoms with Crippen LogP contribution >= 0.6 is 0 Å². The highest BCUT2D eigenvalue weighted by Crippen LogP contribution is 2.21. The summed E-state index contributed by atoms with van der Waals surface area (Å²) in [6, 6.07) is 7.49. The fraction of sp³-hybridized carbons (Fsp3) is 0.538. The number of hydrogen-bond acceptors (Lipinski definition) is 5. The van der Waals surface area contributed by atoms with Gasteiger partial charge in [0.2, 0.25) is 0 Å². The molecule has 1 atom stereocenters. The topological polar surface area (TPSA) is 76.7 Å². The van der Waals surface area contributed by atoms with Crippen LogP contribution in [0.5, 0.6) is 5.75 Å². The number of hydrogen-bond donors (Lipinski definition) is 3. The van der Waals surface area contributed by atoms with E-state index in [1.807, 2.05) is 24.3 Å². The normalized spacial score (nSPS) is 12.4. The zero-order valence-electron chi connectivity index (χ0n) is 10.8. The fourth-order valence-electron chi connectivity index (χ4n) is 1.59. The van der Waals surface area contributed by atoms with Crippen molar-refractivity contribution in [2.75, 3.05) is 26.9 Å². The molecule has 1 rings (SSSR count). The van der Waals surface area contributed by atoms with Gasteiger partial charge in [-0.1, -0.05) is 12.1 Å². The molecule has 102 valence electrons. The second kappa shape index (κ2) is 8.88. The molecule has 0 saturated carbocycles. The van der Waals surface area contributed by atoms with Crippen molar-refractivity contribution in [3.63, 3.8) is 0 Å². The highest BCUT2D eigenvalue weighted by atomic mass is 16.5. The maximum atomic E-state index is 9.91. The monoisotopic (exact) mass is 254 g/mol. The van der Waals surface area contributed by atoms with Gasteiger partial charge in [-0.05, 0) is 24.1 Å². The summed E-state index contributed by atoms with van der Waals surface area (Å²) in [6.45, 7) is 1.86. The third kappa shape index (κ3) is 5.46. The van der Waals surface area contributed by atoms with Crippen molar-refractivity contribution in [3.8, 4) is 5.75 Å². The summed E-state index contributed by atoms with van der Waals surface area (Å²) in [6.07, 6.45) is 0.896. The predicted octanol–water partition coefficient (Wildman–Crippen LogP) is 0.989. The van der Waals surface area contributed by atoms with Gasteiger partial charge in [-0.25, -0.2) is 0 Å². The van der Waals surface area contributed by atoms with Crippen LogP contribution in [0.2, 0.25) is 0 Å². The Balaban J connectivity index is 2.45. The first-order valence-corrected chi connectivity index (χ1v) is 6.11. The SMILES string of the molecule is COCCCOc1cccc(C(O)CCNN)c1. The van der Waals surface area contributed by atoms with Crippen molar-refractivity contribution < 1.29 is 14.6 Å². The Morgan fingerprint density at radius 3 is 2.94 bits per heavy atom. The number of ether oxygens (including phenoxy) is 2. The maximum Gasteiger partial charge on any atom is 0.119 e. The van der Waals surface area contributed by atoms with Crippen molar-refractivity contribution >= 4 is 0 Å². The number of methoxy groups -OCH3 is 1. The molecule has 1 unspecified atom stereocenters. The van der Waals surface area contributed by atoms with Crippen LogP contribution in [0.25, 0.3) is 0 Å². The highest BCUT2D eigenvalue weighted by Gasteiger charge is 2.07. The summed E-state index contributed by atoms with van der Waals surface area (Å²) >= 11 is 0. The first kappa shape index (κ1) is 14.9. The number of benzene rings is 1.